The van der Waals surface area contributed by atoms with Gasteiger partial charge in [-0.25, -0.2) is 9.38 Å². The Kier molecular flexibility index (Phi) is 9.31. The van der Waals surface area contributed by atoms with Crippen molar-refractivity contribution in [3.8, 4) is 5.75 Å². The van der Waals surface area contributed by atoms with Crippen molar-refractivity contribution >= 4 is 11.9 Å². The molecule has 0 radical (unpaired) electrons. The number of rotatable bonds is 9. The molecule has 0 atom stereocenters. The van der Waals surface area contributed by atoms with Crippen LogP contribution in [-0.4, -0.2) is 82.8 Å². The van der Waals surface area contributed by atoms with Crippen LogP contribution in [0, 0.1) is 5.82 Å². The summed E-state index contributed by atoms with van der Waals surface area (Å²) in [5, 5.41) is 3.15. The first kappa shape index (κ1) is 20.7. The maximum Gasteiger partial charge on any atom is 0.243 e. The van der Waals surface area contributed by atoms with Crippen LogP contribution >= 0.6 is 0 Å². The molecular formula is C17H27FN4O3. The molecule has 0 aliphatic heterocycles. The largest absolute Gasteiger partial charge is 0.492 e. The number of benzene rings is 1. The average molecular weight is 354 g/mol. The van der Waals surface area contributed by atoms with Crippen LogP contribution in [-0.2, 0) is 9.53 Å². The van der Waals surface area contributed by atoms with E-state index < -0.39 is 0 Å². The van der Waals surface area contributed by atoms with Crippen molar-refractivity contribution in [3.63, 3.8) is 0 Å². The van der Waals surface area contributed by atoms with Gasteiger partial charge < -0.3 is 24.6 Å². The van der Waals surface area contributed by atoms with E-state index in [9.17, 15) is 9.18 Å². The highest BCUT2D eigenvalue weighted by atomic mass is 19.1. The number of nitrogens with one attached hydrogen (secondary N) is 1. The minimum Gasteiger partial charge on any atom is -0.492 e. The van der Waals surface area contributed by atoms with Crippen molar-refractivity contribution in [2.75, 3.05) is 61.1 Å². The molecule has 0 bridgehead atoms. The molecule has 1 aromatic rings. The number of ether oxygens (including phenoxy) is 2. The fourth-order valence-corrected chi connectivity index (χ4v) is 1.80. The van der Waals surface area contributed by atoms with Gasteiger partial charge in [0.15, 0.2) is 5.96 Å². The second-order valence-electron chi connectivity index (χ2n) is 5.57. The number of hydrogen-bond acceptors (Lipinski definition) is 4. The van der Waals surface area contributed by atoms with Gasteiger partial charge in [-0.3, -0.25) is 4.79 Å². The molecule has 1 aromatic carbocycles. The second-order valence-corrected chi connectivity index (χ2v) is 5.57. The van der Waals surface area contributed by atoms with E-state index in [1.54, 1.807) is 33.3 Å². The van der Waals surface area contributed by atoms with Crippen molar-refractivity contribution in [1.82, 2.24) is 15.1 Å². The van der Waals surface area contributed by atoms with Crippen LogP contribution in [0.15, 0.2) is 29.3 Å². The highest BCUT2D eigenvalue weighted by Crippen LogP contribution is 2.10. The van der Waals surface area contributed by atoms with E-state index in [0.29, 0.717) is 38.0 Å². The van der Waals surface area contributed by atoms with Gasteiger partial charge in [0, 0.05) is 34.8 Å². The Balaban J connectivity index is 2.54. The lowest BCUT2D eigenvalue weighted by atomic mass is 10.3. The maximum atomic E-state index is 12.9. The highest BCUT2D eigenvalue weighted by Gasteiger charge is 2.09. The number of methoxy groups -OCH3 is 1. The predicted molar refractivity (Wildman–Crippen MR) is 95.4 cm³/mol. The first-order valence-corrected chi connectivity index (χ1v) is 8.01. The second kappa shape index (κ2) is 11.2. The summed E-state index contributed by atoms with van der Waals surface area (Å²) in [7, 11) is 6.85. The van der Waals surface area contributed by atoms with Crippen LogP contribution in [0.5, 0.6) is 5.75 Å². The number of guanidine groups is 1. The van der Waals surface area contributed by atoms with Crippen LogP contribution in [0.2, 0.25) is 0 Å². The number of likely N-dealkylation sites (N-methyl/N-ethyl adjacent to an activating group) is 2. The van der Waals surface area contributed by atoms with E-state index in [-0.39, 0.29) is 18.3 Å². The normalized spacial score (nSPS) is 11.2. The quantitative estimate of drug-likeness (QED) is 0.404. The molecule has 25 heavy (non-hydrogen) atoms. The van der Waals surface area contributed by atoms with Crippen molar-refractivity contribution in [2.24, 2.45) is 4.99 Å². The lowest BCUT2D eigenvalue weighted by molar-refractivity contribution is -0.127. The number of carbonyl (C=O) groups is 1. The fraction of sp³-hybridized carbons (Fsp3) is 0.529. The Labute approximate surface area is 148 Å². The molecule has 0 aliphatic carbocycles. The molecule has 1 rings (SSSR count). The van der Waals surface area contributed by atoms with Gasteiger partial charge in [-0.1, -0.05) is 0 Å². The van der Waals surface area contributed by atoms with Gasteiger partial charge in [0.1, 0.15) is 24.7 Å². The molecule has 140 valence electrons. The summed E-state index contributed by atoms with van der Waals surface area (Å²) in [6, 6.07) is 5.87. The Hall–Kier alpha value is -2.35. The van der Waals surface area contributed by atoms with Crippen LogP contribution in [0.1, 0.15) is 0 Å². The first-order chi connectivity index (χ1) is 11.9. The van der Waals surface area contributed by atoms with Crippen LogP contribution in [0.3, 0.4) is 0 Å². The molecule has 0 saturated carbocycles. The molecule has 8 heteroatoms. The zero-order valence-corrected chi connectivity index (χ0v) is 15.3. The lowest BCUT2D eigenvalue weighted by Crippen LogP contribution is -2.42. The van der Waals surface area contributed by atoms with Gasteiger partial charge >= 0.3 is 0 Å². The van der Waals surface area contributed by atoms with Crippen molar-refractivity contribution in [1.29, 1.82) is 0 Å². The van der Waals surface area contributed by atoms with Crippen molar-refractivity contribution < 1.29 is 18.7 Å². The monoisotopic (exact) mass is 354 g/mol. The molecule has 0 saturated heterocycles. The van der Waals surface area contributed by atoms with E-state index in [1.807, 2.05) is 11.9 Å². The molecule has 7 nitrogen and oxygen atoms in total. The summed E-state index contributed by atoms with van der Waals surface area (Å²) >= 11 is 0. The van der Waals surface area contributed by atoms with Crippen molar-refractivity contribution in [2.45, 2.75) is 0 Å². The Morgan fingerprint density at radius 1 is 1.20 bits per heavy atom. The minimum atomic E-state index is -0.299. The van der Waals surface area contributed by atoms with Gasteiger partial charge in [-0.15, -0.1) is 0 Å². The van der Waals surface area contributed by atoms with Crippen LogP contribution in [0.4, 0.5) is 4.39 Å². The zero-order valence-electron chi connectivity index (χ0n) is 15.3. The minimum absolute atomic E-state index is 0.0610. The molecule has 1 N–H and O–H groups in total. The number of amides is 1. The van der Waals surface area contributed by atoms with Gasteiger partial charge in [-0.2, -0.15) is 0 Å². The molecule has 0 aromatic heterocycles. The molecule has 1 amide bonds. The summed E-state index contributed by atoms with van der Waals surface area (Å²) in [6.07, 6.45) is 0. The third-order valence-corrected chi connectivity index (χ3v) is 3.32. The smallest absolute Gasteiger partial charge is 0.243 e. The van der Waals surface area contributed by atoms with Crippen molar-refractivity contribution in [3.05, 3.63) is 30.1 Å². The summed E-state index contributed by atoms with van der Waals surface area (Å²) in [5.74, 6) is 0.812. The Morgan fingerprint density at radius 3 is 2.48 bits per heavy atom. The molecule has 0 heterocycles. The molecule has 0 unspecified atom stereocenters. The summed E-state index contributed by atoms with van der Waals surface area (Å²) in [6.45, 7) is 2.11. The molecule has 0 aliphatic rings. The number of halogens is 1. The van der Waals surface area contributed by atoms with E-state index in [2.05, 4.69) is 10.3 Å². The SMILES string of the molecule is COCCNC(=NCC(=O)N(C)C)N(C)CCOc1ccc(F)cc1. The summed E-state index contributed by atoms with van der Waals surface area (Å²) in [5.41, 5.74) is 0. The Morgan fingerprint density at radius 2 is 1.88 bits per heavy atom. The van der Waals surface area contributed by atoms with E-state index in [0.717, 1.165) is 0 Å². The molecule has 0 spiro atoms. The summed E-state index contributed by atoms with van der Waals surface area (Å²) < 4.78 is 23.5. The number of aliphatic imine (C=N–C) groups is 1. The predicted octanol–water partition coefficient (Wildman–Crippen LogP) is 0.817. The lowest BCUT2D eigenvalue weighted by Gasteiger charge is -2.22. The summed E-state index contributed by atoms with van der Waals surface area (Å²) in [4.78, 5) is 19.4. The molecule has 0 fully saturated rings. The standard InChI is InChI=1S/C17H27FN4O3/c1-21(2)16(23)13-20-17(19-9-11-24-4)22(3)10-12-25-15-7-5-14(18)6-8-15/h5-8H,9-13H2,1-4H3,(H,19,20). The van der Waals surface area contributed by atoms with E-state index in [1.165, 1.54) is 17.0 Å². The molecular weight excluding hydrogens is 327 g/mol. The van der Waals surface area contributed by atoms with Crippen LogP contribution in [0.25, 0.3) is 0 Å². The van der Waals surface area contributed by atoms with E-state index >= 15 is 0 Å². The van der Waals surface area contributed by atoms with Gasteiger partial charge in [-0.05, 0) is 24.3 Å². The number of nitrogens with zero attached hydrogens (tertiary/aromatic N) is 3. The topological polar surface area (TPSA) is 66.4 Å². The zero-order chi connectivity index (χ0) is 18.7. The third-order valence-electron chi connectivity index (χ3n) is 3.32. The maximum absolute atomic E-state index is 12.9. The van der Waals surface area contributed by atoms with Gasteiger partial charge in [0.25, 0.3) is 0 Å². The number of hydrogen-bond donors (Lipinski definition) is 1. The van der Waals surface area contributed by atoms with Crippen LogP contribution < -0.4 is 10.1 Å². The number of carbonyl (C=O) groups excluding carboxylic acids is 1. The third kappa shape index (κ3) is 8.35. The first-order valence-electron chi connectivity index (χ1n) is 8.01. The van der Waals surface area contributed by atoms with Gasteiger partial charge in [0.2, 0.25) is 5.91 Å². The van der Waals surface area contributed by atoms with E-state index in [4.69, 9.17) is 9.47 Å². The average Bonchev–Trinajstić information content (AvgIpc) is 2.59. The highest BCUT2D eigenvalue weighted by molar-refractivity contribution is 5.84. The van der Waals surface area contributed by atoms with Gasteiger partial charge in [0.05, 0.1) is 13.2 Å². The Bertz CT molecular complexity index is 549. The fourth-order valence-electron chi connectivity index (χ4n) is 1.80.